The minimum absolute atomic E-state index is 0.0282. The van der Waals surface area contributed by atoms with Crippen LogP contribution in [0.3, 0.4) is 0 Å². The number of ether oxygens (including phenoxy) is 1. The lowest BCUT2D eigenvalue weighted by atomic mass is 9.88. The van der Waals surface area contributed by atoms with E-state index in [-0.39, 0.29) is 5.60 Å². The number of rotatable bonds is 10. The van der Waals surface area contributed by atoms with E-state index in [9.17, 15) is 0 Å². The summed E-state index contributed by atoms with van der Waals surface area (Å²) in [6.07, 6.45) is 18.1. The molecule has 0 saturated carbocycles. The zero-order valence-corrected chi connectivity index (χ0v) is 12.4. The average molecular weight is 252 g/mol. The summed E-state index contributed by atoms with van der Waals surface area (Å²) < 4.78 is 5.96. The van der Waals surface area contributed by atoms with Gasteiger partial charge in [-0.25, -0.2) is 0 Å². The van der Waals surface area contributed by atoms with Crippen molar-refractivity contribution in [2.24, 2.45) is 0 Å². The van der Waals surface area contributed by atoms with Gasteiger partial charge in [-0.1, -0.05) is 64.4 Å². The predicted molar refractivity (Wildman–Crippen MR) is 80.0 cm³/mol. The zero-order chi connectivity index (χ0) is 13.1. The molecule has 1 saturated heterocycles. The lowest BCUT2D eigenvalue weighted by molar-refractivity contribution is -0.0494. The van der Waals surface area contributed by atoms with Gasteiger partial charge in [0.15, 0.2) is 0 Å². The van der Waals surface area contributed by atoms with Crippen molar-refractivity contribution in [2.45, 2.75) is 89.6 Å². The van der Waals surface area contributed by atoms with Gasteiger partial charge >= 0.3 is 0 Å². The molecule has 0 N–H and O–H groups in total. The van der Waals surface area contributed by atoms with Crippen molar-refractivity contribution in [1.82, 2.24) is 0 Å². The van der Waals surface area contributed by atoms with Crippen molar-refractivity contribution < 1.29 is 4.74 Å². The van der Waals surface area contributed by atoms with E-state index >= 15 is 0 Å². The van der Waals surface area contributed by atoms with Gasteiger partial charge in [-0.15, -0.1) is 6.58 Å². The minimum atomic E-state index is 0.0282. The summed E-state index contributed by atoms with van der Waals surface area (Å²) in [6.45, 7) is 7.19. The smallest absolute Gasteiger partial charge is 0.0859 e. The molecule has 0 radical (unpaired) electrons. The Morgan fingerprint density at radius 3 is 2.22 bits per heavy atom. The third kappa shape index (κ3) is 6.04. The third-order valence-electron chi connectivity index (χ3n) is 4.21. The standard InChI is InChI=1S/C17H32O/c1-3-5-6-7-8-9-10-11-14-17(4-2)15-12-13-16-18-17/h4H,2-3,5-16H2,1H3. The van der Waals surface area contributed by atoms with Crippen molar-refractivity contribution in [3.05, 3.63) is 12.7 Å². The molecule has 0 aromatic carbocycles. The first-order valence-electron chi connectivity index (χ1n) is 8.10. The lowest BCUT2D eigenvalue weighted by Gasteiger charge is -2.34. The van der Waals surface area contributed by atoms with E-state index in [1.165, 1.54) is 77.0 Å². The Morgan fingerprint density at radius 2 is 1.67 bits per heavy atom. The fourth-order valence-electron chi connectivity index (χ4n) is 2.89. The quantitative estimate of drug-likeness (QED) is 0.361. The van der Waals surface area contributed by atoms with Crippen LogP contribution in [-0.2, 0) is 4.74 Å². The minimum Gasteiger partial charge on any atom is -0.371 e. The molecule has 1 unspecified atom stereocenters. The topological polar surface area (TPSA) is 9.23 Å². The fourth-order valence-corrected chi connectivity index (χ4v) is 2.89. The van der Waals surface area contributed by atoms with Crippen molar-refractivity contribution in [3.63, 3.8) is 0 Å². The molecule has 1 aliphatic heterocycles. The van der Waals surface area contributed by atoms with Crippen molar-refractivity contribution >= 4 is 0 Å². The van der Waals surface area contributed by atoms with Gasteiger partial charge in [0, 0.05) is 6.61 Å². The van der Waals surface area contributed by atoms with Gasteiger partial charge in [-0.2, -0.15) is 0 Å². The fraction of sp³-hybridized carbons (Fsp3) is 0.882. The van der Waals surface area contributed by atoms with E-state index in [0.29, 0.717) is 0 Å². The van der Waals surface area contributed by atoms with Crippen molar-refractivity contribution in [1.29, 1.82) is 0 Å². The molecule has 1 fully saturated rings. The summed E-state index contributed by atoms with van der Waals surface area (Å²) in [5.74, 6) is 0. The van der Waals surface area contributed by atoms with Crippen LogP contribution in [0.1, 0.15) is 84.0 Å². The van der Waals surface area contributed by atoms with Crippen LogP contribution < -0.4 is 0 Å². The molecule has 18 heavy (non-hydrogen) atoms. The largest absolute Gasteiger partial charge is 0.371 e. The predicted octanol–water partition coefficient (Wildman–Crippen LogP) is 5.64. The average Bonchev–Trinajstić information content (AvgIpc) is 2.43. The zero-order valence-electron chi connectivity index (χ0n) is 12.4. The van der Waals surface area contributed by atoms with Crippen molar-refractivity contribution in [2.75, 3.05) is 6.61 Å². The molecule has 0 aliphatic carbocycles. The maximum Gasteiger partial charge on any atom is 0.0859 e. The molecule has 0 aromatic heterocycles. The SMILES string of the molecule is C=CC1(CCCCCCCCCC)CCCCO1. The van der Waals surface area contributed by atoms with Gasteiger partial charge in [0.25, 0.3) is 0 Å². The number of hydrogen-bond donors (Lipinski definition) is 0. The second kappa shape index (κ2) is 9.61. The molecule has 106 valence electrons. The lowest BCUT2D eigenvalue weighted by Crippen LogP contribution is -2.33. The van der Waals surface area contributed by atoms with E-state index in [1.807, 2.05) is 0 Å². The van der Waals surface area contributed by atoms with E-state index < -0.39 is 0 Å². The Balaban J connectivity index is 2.00. The molecule has 1 rings (SSSR count). The molecular weight excluding hydrogens is 220 g/mol. The van der Waals surface area contributed by atoms with Gasteiger partial charge in [0.2, 0.25) is 0 Å². The Bertz CT molecular complexity index is 204. The molecular formula is C17H32O. The molecule has 1 atom stereocenters. The van der Waals surface area contributed by atoms with Gasteiger partial charge in [0.05, 0.1) is 5.60 Å². The van der Waals surface area contributed by atoms with E-state index in [1.54, 1.807) is 0 Å². The van der Waals surface area contributed by atoms with Crippen molar-refractivity contribution in [3.8, 4) is 0 Å². The van der Waals surface area contributed by atoms with Crippen LogP contribution in [0.2, 0.25) is 0 Å². The summed E-state index contributed by atoms with van der Waals surface area (Å²) >= 11 is 0. The highest BCUT2D eigenvalue weighted by Crippen LogP contribution is 2.31. The van der Waals surface area contributed by atoms with Crippen LogP contribution in [0, 0.1) is 0 Å². The van der Waals surface area contributed by atoms with E-state index in [4.69, 9.17) is 4.74 Å². The Labute approximate surface area is 114 Å². The van der Waals surface area contributed by atoms with E-state index in [0.717, 1.165) is 6.61 Å². The van der Waals surface area contributed by atoms with Crippen LogP contribution in [0.4, 0.5) is 0 Å². The highest BCUT2D eigenvalue weighted by atomic mass is 16.5. The molecule has 0 bridgehead atoms. The first-order chi connectivity index (χ1) is 8.83. The van der Waals surface area contributed by atoms with Gasteiger partial charge in [-0.05, 0) is 25.7 Å². The molecule has 0 spiro atoms. The number of hydrogen-bond acceptors (Lipinski definition) is 1. The Hall–Kier alpha value is -0.300. The second-order valence-electron chi connectivity index (χ2n) is 5.80. The summed E-state index contributed by atoms with van der Waals surface area (Å²) in [7, 11) is 0. The van der Waals surface area contributed by atoms with Gasteiger partial charge in [-0.3, -0.25) is 0 Å². The molecule has 1 nitrogen and oxygen atoms in total. The molecule has 0 amide bonds. The molecule has 0 aromatic rings. The monoisotopic (exact) mass is 252 g/mol. The number of unbranched alkanes of at least 4 members (excludes halogenated alkanes) is 7. The Kier molecular flexibility index (Phi) is 8.41. The van der Waals surface area contributed by atoms with Crippen LogP contribution in [0.15, 0.2) is 12.7 Å². The van der Waals surface area contributed by atoms with E-state index in [2.05, 4.69) is 19.6 Å². The van der Waals surface area contributed by atoms with Crippen LogP contribution >= 0.6 is 0 Å². The molecule has 1 heteroatoms. The van der Waals surface area contributed by atoms with Gasteiger partial charge in [0.1, 0.15) is 0 Å². The highest BCUT2D eigenvalue weighted by Gasteiger charge is 2.28. The van der Waals surface area contributed by atoms with Gasteiger partial charge < -0.3 is 4.74 Å². The maximum absolute atomic E-state index is 5.96. The van der Waals surface area contributed by atoms with Crippen LogP contribution in [-0.4, -0.2) is 12.2 Å². The molecule has 1 heterocycles. The first-order valence-corrected chi connectivity index (χ1v) is 8.10. The molecule has 1 aliphatic rings. The normalized spacial score (nSPS) is 24.1. The first kappa shape index (κ1) is 15.8. The maximum atomic E-state index is 5.96. The summed E-state index contributed by atoms with van der Waals surface area (Å²) in [5, 5.41) is 0. The summed E-state index contributed by atoms with van der Waals surface area (Å²) in [6, 6.07) is 0. The second-order valence-corrected chi connectivity index (χ2v) is 5.80. The Morgan fingerprint density at radius 1 is 1.00 bits per heavy atom. The third-order valence-corrected chi connectivity index (χ3v) is 4.21. The highest BCUT2D eigenvalue weighted by molar-refractivity contribution is 4.98. The summed E-state index contributed by atoms with van der Waals surface area (Å²) in [4.78, 5) is 0. The summed E-state index contributed by atoms with van der Waals surface area (Å²) in [5.41, 5.74) is 0.0282. The van der Waals surface area contributed by atoms with Crippen LogP contribution in [0.25, 0.3) is 0 Å². The van der Waals surface area contributed by atoms with Crippen LogP contribution in [0.5, 0.6) is 0 Å².